The van der Waals surface area contributed by atoms with Crippen molar-refractivity contribution >= 4 is 17.5 Å². The van der Waals surface area contributed by atoms with E-state index < -0.39 is 41.3 Å². The predicted molar refractivity (Wildman–Crippen MR) is 96.4 cm³/mol. The van der Waals surface area contributed by atoms with Crippen LogP contribution in [0.4, 0.5) is 27.6 Å². The van der Waals surface area contributed by atoms with Gasteiger partial charge in [-0.3, -0.25) is 9.59 Å². The highest BCUT2D eigenvalue weighted by Crippen LogP contribution is 2.32. The Bertz CT molecular complexity index is 1050. The van der Waals surface area contributed by atoms with E-state index >= 15 is 0 Å². The van der Waals surface area contributed by atoms with Gasteiger partial charge in [0.15, 0.2) is 6.61 Å². The number of rotatable bonds is 4. The van der Waals surface area contributed by atoms with Gasteiger partial charge < -0.3 is 19.7 Å². The minimum Gasteiger partial charge on any atom is -0.481 e. The highest BCUT2D eigenvalue weighted by Gasteiger charge is 2.35. The molecule has 11 heteroatoms. The van der Waals surface area contributed by atoms with Crippen LogP contribution in [0.25, 0.3) is 0 Å². The van der Waals surface area contributed by atoms with Crippen LogP contribution in [0.5, 0.6) is 5.75 Å². The number of hydrogen-bond acceptors (Lipinski definition) is 4. The Morgan fingerprint density at radius 2 is 1.90 bits per heavy atom. The molecule has 2 amide bonds. The summed E-state index contributed by atoms with van der Waals surface area (Å²) in [5.41, 5.74) is -1.21. The molecule has 2 aromatic rings. The van der Waals surface area contributed by atoms with Crippen LogP contribution >= 0.6 is 0 Å². The van der Waals surface area contributed by atoms with Crippen LogP contribution in [0.2, 0.25) is 0 Å². The minimum atomic E-state index is -4.64. The molecule has 2 heterocycles. The number of fused-ring (bicyclic) bond motifs is 1. The zero-order valence-corrected chi connectivity index (χ0v) is 15.8. The second-order valence-corrected chi connectivity index (χ2v) is 7.11. The molecule has 2 aliphatic rings. The summed E-state index contributed by atoms with van der Waals surface area (Å²) in [5, 5.41) is 2.49. The Morgan fingerprint density at radius 3 is 2.58 bits per heavy atom. The number of halogens is 5. The maximum atomic E-state index is 14.3. The molecule has 6 nitrogen and oxygen atoms in total. The van der Waals surface area contributed by atoms with Gasteiger partial charge in [-0.1, -0.05) is 6.07 Å². The SMILES string of the molecule is O=C1COc2cc(F)c(C(=O)N3CC(OCc4ccc(C(F)(F)F)cc4F)C3)cc2N1. The summed E-state index contributed by atoms with van der Waals surface area (Å²) in [4.78, 5) is 25.2. The van der Waals surface area contributed by atoms with E-state index in [2.05, 4.69) is 5.32 Å². The molecule has 4 rings (SSSR count). The maximum absolute atomic E-state index is 14.3. The topological polar surface area (TPSA) is 67.9 Å². The van der Waals surface area contributed by atoms with Crippen LogP contribution in [0.1, 0.15) is 21.5 Å². The van der Waals surface area contributed by atoms with Crippen molar-refractivity contribution in [2.75, 3.05) is 25.0 Å². The van der Waals surface area contributed by atoms with E-state index in [9.17, 15) is 31.5 Å². The zero-order chi connectivity index (χ0) is 22.3. The molecule has 0 unspecified atom stereocenters. The first-order valence-electron chi connectivity index (χ1n) is 9.14. The average molecular weight is 442 g/mol. The van der Waals surface area contributed by atoms with Crippen molar-refractivity contribution in [2.45, 2.75) is 18.9 Å². The smallest absolute Gasteiger partial charge is 0.416 e. The number of anilines is 1. The van der Waals surface area contributed by atoms with Gasteiger partial charge in [-0.2, -0.15) is 13.2 Å². The molecule has 1 N–H and O–H groups in total. The number of carbonyl (C=O) groups excluding carboxylic acids is 2. The van der Waals surface area contributed by atoms with Crippen molar-refractivity contribution in [3.8, 4) is 5.75 Å². The number of ether oxygens (including phenoxy) is 2. The molecule has 31 heavy (non-hydrogen) atoms. The Labute approximate surface area is 172 Å². The third-order valence-electron chi connectivity index (χ3n) is 4.92. The number of amides is 2. The van der Waals surface area contributed by atoms with E-state index in [4.69, 9.17) is 9.47 Å². The van der Waals surface area contributed by atoms with Crippen LogP contribution in [0.15, 0.2) is 30.3 Å². The molecule has 0 spiro atoms. The van der Waals surface area contributed by atoms with Crippen LogP contribution in [-0.2, 0) is 22.3 Å². The number of hydrogen-bond donors (Lipinski definition) is 1. The molecular formula is C20H15F5N2O4. The molecule has 0 atom stereocenters. The third kappa shape index (κ3) is 4.31. The second kappa shape index (κ2) is 7.80. The molecule has 0 aromatic heterocycles. The lowest BCUT2D eigenvalue weighted by Gasteiger charge is -2.39. The monoisotopic (exact) mass is 442 g/mol. The van der Waals surface area contributed by atoms with E-state index in [0.717, 1.165) is 18.2 Å². The Kier molecular flexibility index (Phi) is 5.29. The Balaban J connectivity index is 1.34. The molecule has 164 valence electrons. The largest absolute Gasteiger partial charge is 0.481 e. The van der Waals surface area contributed by atoms with Gasteiger partial charge in [-0.05, 0) is 18.2 Å². The van der Waals surface area contributed by atoms with Crippen LogP contribution < -0.4 is 10.1 Å². The van der Waals surface area contributed by atoms with Gasteiger partial charge in [-0.15, -0.1) is 0 Å². The van der Waals surface area contributed by atoms with Gasteiger partial charge in [0.2, 0.25) is 0 Å². The molecule has 1 saturated heterocycles. The van der Waals surface area contributed by atoms with Gasteiger partial charge in [0, 0.05) is 24.7 Å². The standard InChI is InChI=1S/C20H15F5N2O4/c21-14-3-11(20(23,24)25)2-1-10(14)8-30-12-6-27(7-12)19(29)13-4-16-17(5-15(13)22)31-9-18(28)26-16/h1-5,12H,6-9H2,(H,26,28). The van der Waals surface area contributed by atoms with Crippen molar-refractivity contribution in [1.82, 2.24) is 4.90 Å². The molecule has 0 radical (unpaired) electrons. The van der Waals surface area contributed by atoms with Crippen molar-refractivity contribution in [2.24, 2.45) is 0 Å². The molecular weight excluding hydrogens is 427 g/mol. The lowest BCUT2D eigenvalue weighted by Crippen LogP contribution is -2.54. The fourth-order valence-electron chi connectivity index (χ4n) is 3.19. The van der Waals surface area contributed by atoms with Gasteiger partial charge in [0.1, 0.15) is 17.4 Å². The molecule has 1 fully saturated rings. The number of likely N-dealkylation sites (tertiary alicyclic amines) is 1. The fraction of sp³-hybridized carbons (Fsp3) is 0.300. The van der Waals surface area contributed by atoms with E-state index in [0.29, 0.717) is 6.07 Å². The maximum Gasteiger partial charge on any atom is 0.416 e. The first-order valence-corrected chi connectivity index (χ1v) is 9.14. The first-order chi connectivity index (χ1) is 14.6. The number of nitrogens with one attached hydrogen (secondary N) is 1. The molecule has 2 aliphatic heterocycles. The summed E-state index contributed by atoms with van der Waals surface area (Å²) in [6.45, 7) is -0.321. The van der Waals surface area contributed by atoms with Crippen LogP contribution in [0.3, 0.4) is 0 Å². The van der Waals surface area contributed by atoms with E-state index in [-0.39, 0.29) is 48.9 Å². The van der Waals surface area contributed by atoms with Gasteiger partial charge in [-0.25, -0.2) is 8.78 Å². The molecule has 0 bridgehead atoms. The quantitative estimate of drug-likeness (QED) is 0.738. The van der Waals surface area contributed by atoms with Crippen LogP contribution in [0, 0.1) is 11.6 Å². The van der Waals surface area contributed by atoms with Crippen molar-refractivity contribution < 1.29 is 41.0 Å². The van der Waals surface area contributed by atoms with Gasteiger partial charge in [0.25, 0.3) is 11.8 Å². The minimum absolute atomic E-state index is 0.0470. The molecule has 0 aliphatic carbocycles. The van der Waals surface area contributed by atoms with Gasteiger partial charge in [0.05, 0.1) is 29.5 Å². The molecule has 2 aromatic carbocycles. The van der Waals surface area contributed by atoms with Crippen LogP contribution in [-0.4, -0.2) is 42.5 Å². The fourth-order valence-corrected chi connectivity index (χ4v) is 3.19. The normalized spacial score (nSPS) is 16.3. The lowest BCUT2D eigenvalue weighted by molar-refractivity contribution is -0.137. The summed E-state index contributed by atoms with van der Waals surface area (Å²) < 4.78 is 76.4. The molecule has 0 saturated carbocycles. The van der Waals surface area contributed by atoms with Gasteiger partial charge >= 0.3 is 6.18 Å². The summed E-state index contributed by atoms with van der Waals surface area (Å²) in [5.74, 6) is -2.78. The Hall–Kier alpha value is -3.21. The average Bonchev–Trinajstić information content (AvgIpc) is 2.66. The lowest BCUT2D eigenvalue weighted by atomic mass is 10.1. The van der Waals surface area contributed by atoms with Crippen molar-refractivity contribution in [1.29, 1.82) is 0 Å². The summed E-state index contributed by atoms with van der Waals surface area (Å²) in [7, 11) is 0. The van der Waals surface area contributed by atoms with E-state index in [1.165, 1.54) is 11.0 Å². The number of benzene rings is 2. The number of nitrogens with zero attached hydrogens (tertiary/aromatic N) is 1. The summed E-state index contributed by atoms with van der Waals surface area (Å²) in [6, 6.07) is 4.37. The second-order valence-electron chi connectivity index (χ2n) is 7.11. The van der Waals surface area contributed by atoms with E-state index in [1.807, 2.05) is 0 Å². The Morgan fingerprint density at radius 1 is 1.16 bits per heavy atom. The first kappa shape index (κ1) is 21.0. The summed E-state index contributed by atoms with van der Waals surface area (Å²) in [6.07, 6.45) is -5.12. The third-order valence-corrected chi connectivity index (χ3v) is 4.92. The number of alkyl halides is 3. The van der Waals surface area contributed by atoms with Crippen molar-refractivity contribution in [3.63, 3.8) is 0 Å². The zero-order valence-electron chi connectivity index (χ0n) is 15.8. The highest BCUT2D eigenvalue weighted by atomic mass is 19.4. The number of carbonyl (C=O) groups is 2. The predicted octanol–water partition coefficient (Wildman–Crippen LogP) is 3.36. The van der Waals surface area contributed by atoms with Crippen molar-refractivity contribution in [3.05, 3.63) is 58.7 Å². The summed E-state index contributed by atoms with van der Waals surface area (Å²) >= 11 is 0. The van der Waals surface area contributed by atoms with E-state index in [1.54, 1.807) is 0 Å². The highest BCUT2D eigenvalue weighted by molar-refractivity contribution is 6.00.